The fourth-order valence-electron chi connectivity index (χ4n) is 3.78. The zero-order valence-electron chi connectivity index (χ0n) is 17.5. The summed E-state index contributed by atoms with van der Waals surface area (Å²) in [7, 11) is 0. The van der Waals surface area contributed by atoms with Crippen molar-refractivity contribution in [3.8, 4) is 0 Å². The second-order valence-corrected chi connectivity index (χ2v) is 7.68. The van der Waals surface area contributed by atoms with Gasteiger partial charge in [-0.25, -0.2) is 19.9 Å². The van der Waals surface area contributed by atoms with Gasteiger partial charge in [0.25, 0.3) is 5.91 Å². The third kappa shape index (κ3) is 4.59. The van der Waals surface area contributed by atoms with E-state index >= 15 is 0 Å². The maximum Gasteiger partial charge on any atom is 0.255 e. The van der Waals surface area contributed by atoms with Crippen LogP contribution in [-0.2, 0) is 0 Å². The number of nitrogens with zero attached hydrogens (tertiary/aromatic N) is 6. The van der Waals surface area contributed by atoms with Gasteiger partial charge < -0.3 is 10.2 Å². The van der Waals surface area contributed by atoms with Gasteiger partial charge in [0.15, 0.2) is 0 Å². The number of piperidine rings is 1. The minimum Gasteiger partial charge on any atom is -0.338 e. The van der Waals surface area contributed by atoms with Crippen molar-refractivity contribution in [1.82, 2.24) is 29.8 Å². The lowest BCUT2D eigenvalue weighted by atomic mass is 9.96. The zero-order chi connectivity index (χ0) is 21.1. The van der Waals surface area contributed by atoms with Crippen molar-refractivity contribution >= 4 is 17.7 Å². The number of anilines is 2. The van der Waals surface area contributed by atoms with Crippen LogP contribution in [0.4, 0.5) is 11.8 Å². The van der Waals surface area contributed by atoms with Gasteiger partial charge in [-0.2, -0.15) is 0 Å². The highest BCUT2D eigenvalue weighted by atomic mass is 16.2. The molecular formula is C22H25N7O. The molecule has 4 rings (SSSR count). The molecule has 0 bridgehead atoms. The summed E-state index contributed by atoms with van der Waals surface area (Å²) < 4.78 is 0. The molecule has 154 valence electrons. The lowest BCUT2D eigenvalue weighted by molar-refractivity contribution is 0.0704. The van der Waals surface area contributed by atoms with Gasteiger partial charge in [-0.05, 0) is 51.8 Å². The Labute approximate surface area is 175 Å². The number of hydrogen-bond acceptors (Lipinski definition) is 7. The molecule has 1 atom stereocenters. The number of pyridine rings is 1. The average molecular weight is 403 g/mol. The summed E-state index contributed by atoms with van der Waals surface area (Å²) >= 11 is 0. The van der Waals surface area contributed by atoms with Crippen LogP contribution < -0.4 is 5.32 Å². The topological polar surface area (TPSA) is 96.8 Å². The molecule has 1 aliphatic rings. The van der Waals surface area contributed by atoms with E-state index in [-0.39, 0.29) is 11.8 Å². The number of nitrogens with one attached hydrogen (secondary N) is 1. The number of carbonyl (C=O) groups is 1. The molecule has 0 aromatic carbocycles. The molecule has 4 heterocycles. The molecule has 0 unspecified atom stereocenters. The highest BCUT2D eigenvalue weighted by Crippen LogP contribution is 2.27. The van der Waals surface area contributed by atoms with Crippen molar-refractivity contribution in [2.24, 2.45) is 0 Å². The van der Waals surface area contributed by atoms with Gasteiger partial charge in [0.1, 0.15) is 11.6 Å². The molecule has 1 saturated heterocycles. The lowest BCUT2D eigenvalue weighted by Gasteiger charge is -2.32. The van der Waals surface area contributed by atoms with E-state index in [1.165, 1.54) is 0 Å². The Morgan fingerprint density at radius 3 is 2.57 bits per heavy atom. The third-order valence-corrected chi connectivity index (χ3v) is 5.08. The molecule has 0 aliphatic carbocycles. The van der Waals surface area contributed by atoms with Crippen LogP contribution in [-0.4, -0.2) is 48.8 Å². The van der Waals surface area contributed by atoms with Crippen LogP contribution in [0.25, 0.3) is 0 Å². The van der Waals surface area contributed by atoms with Gasteiger partial charge >= 0.3 is 0 Å². The van der Waals surface area contributed by atoms with Gasteiger partial charge in [0.05, 0.1) is 5.56 Å². The van der Waals surface area contributed by atoms with Crippen LogP contribution in [0.2, 0.25) is 0 Å². The Balaban J connectivity index is 1.54. The SMILES string of the molecule is Cc1cc(C)nc(Nc2cc(C)nc([C@@H]3CCCN(C(=O)c4cccnc4)C3)n2)n1. The fraction of sp³-hybridized carbons (Fsp3) is 0.364. The molecule has 3 aromatic heterocycles. The average Bonchev–Trinajstić information content (AvgIpc) is 2.73. The summed E-state index contributed by atoms with van der Waals surface area (Å²) in [6.07, 6.45) is 5.14. The molecule has 1 aliphatic heterocycles. The molecular weight excluding hydrogens is 378 g/mol. The van der Waals surface area contributed by atoms with Gasteiger partial charge in [-0.15, -0.1) is 0 Å². The predicted octanol–water partition coefficient (Wildman–Crippen LogP) is 3.35. The number of amides is 1. The van der Waals surface area contributed by atoms with E-state index in [1.807, 2.05) is 37.8 Å². The van der Waals surface area contributed by atoms with Crippen LogP contribution in [0.15, 0.2) is 36.7 Å². The molecule has 8 nitrogen and oxygen atoms in total. The highest BCUT2D eigenvalue weighted by molar-refractivity contribution is 5.94. The summed E-state index contributed by atoms with van der Waals surface area (Å²) in [6, 6.07) is 7.39. The molecule has 0 radical (unpaired) electrons. The van der Waals surface area contributed by atoms with E-state index in [1.54, 1.807) is 24.5 Å². The molecule has 0 spiro atoms. The first-order valence-corrected chi connectivity index (χ1v) is 10.1. The Morgan fingerprint density at radius 1 is 1.07 bits per heavy atom. The second kappa shape index (κ2) is 8.52. The van der Waals surface area contributed by atoms with E-state index in [0.717, 1.165) is 42.3 Å². The Bertz CT molecular complexity index is 1030. The standard InChI is InChI=1S/C22H25N7O/c1-14-10-15(2)26-22(25-14)28-19-11-16(3)24-20(27-19)18-7-5-9-29(13-18)21(30)17-6-4-8-23-12-17/h4,6,8,10-12,18H,5,7,9,13H2,1-3H3,(H,24,25,26,27,28)/t18-/m1/s1. The second-order valence-electron chi connectivity index (χ2n) is 7.68. The fourth-order valence-corrected chi connectivity index (χ4v) is 3.78. The summed E-state index contributed by atoms with van der Waals surface area (Å²) in [5, 5.41) is 3.20. The van der Waals surface area contributed by atoms with Crippen molar-refractivity contribution in [3.05, 3.63) is 65.1 Å². The number of likely N-dealkylation sites (tertiary alicyclic amines) is 1. The van der Waals surface area contributed by atoms with Crippen molar-refractivity contribution in [2.75, 3.05) is 18.4 Å². The monoisotopic (exact) mass is 403 g/mol. The van der Waals surface area contributed by atoms with Crippen LogP contribution >= 0.6 is 0 Å². The normalized spacial score (nSPS) is 16.4. The summed E-state index contributed by atoms with van der Waals surface area (Å²) in [6.45, 7) is 7.15. The predicted molar refractivity (Wildman–Crippen MR) is 114 cm³/mol. The largest absolute Gasteiger partial charge is 0.338 e. The van der Waals surface area contributed by atoms with Crippen LogP contribution in [0, 0.1) is 20.8 Å². The van der Waals surface area contributed by atoms with Gasteiger partial charge in [-0.1, -0.05) is 0 Å². The quantitative estimate of drug-likeness (QED) is 0.713. The minimum absolute atomic E-state index is 0.00226. The highest BCUT2D eigenvalue weighted by Gasteiger charge is 2.27. The molecule has 30 heavy (non-hydrogen) atoms. The molecule has 1 N–H and O–H groups in total. The first-order valence-electron chi connectivity index (χ1n) is 10.1. The molecule has 3 aromatic rings. The number of hydrogen-bond donors (Lipinski definition) is 1. The molecule has 8 heteroatoms. The lowest BCUT2D eigenvalue weighted by Crippen LogP contribution is -2.39. The maximum atomic E-state index is 12.8. The van der Waals surface area contributed by atoms with Gasteiger partial charge in [0, 0.05) is 54.5 Å². The van der Waals surface area contributed by atoms with Crippen LogP contribution in [0.5, 0.6) is 0 Å². The van der Waals surface area contributed by atoms with E-state index in [2.05, 4.69) is 25.3 Å². The van der Waals surface area contributed by atoms with Gasteiger partial charge in [0.2, 0.25) is 5.95 Å². The van der Waals surface area contributed by atoms with E-state index in [4.69, 9.17) is 4.98 Å². The van der Waals surface area contributed by atoms with E-state index < -0.39 is 0 Å². The van der Waals surface area contributed by atoms with Gasteiger partial charge in [-0.3, -0.25) is 9.78 Å². The van der Waals surface area contributed by atoms with E-state index in [0.29, 0.717) is 23.9 Å². The number of aromatic nitrogens is 5. The van der Waals surface area contributed by atoms with Crippen LogP contribution in [0.1, 0.15) is 52.0 Å². The number of carbonyl (C=O) groups excluding carboxylic acids is 1. The van der Waals surface area contributed by atoms with Crippen LogP contribution in [0.3, 0.4) is 0 Å². The Kier molecular flexibility index (Phi) is 5.65. The van der Waals surface area contributed by atoms with Crippen molar-refractivity contribution in [1.29, 1.82) is 0 Å². The number of aryl methyl sites for hydroxylation is 3. The smallest absolute Gasteiger partial charge is 0.255 e. The molecule has 1 amide bonds. The summed E-state index contributed by atoms with van der Waals surface area (Å²) in [4.78, 5) is 37.0. The van der Waals surface area contributed by atoms with E-state index in [9.17, 15) is 4.79 Å². The first kappa shape index (κ1) is 19.9. The summed E-state index contributed by atoms with van der Waals surface area (Å²) in [5.74, 6) is 2.01. The van der Waals surface area contributed by atoms with Crippen molar-refractivity contribution < 1.29 is 4.79 Å². The number of rotatable bonds is 4. The molecule has 1 fully saturated rings. The Morgan fingerprint density at radius 2 is 1.83 bits per heavy atom. The maximum absolute atomic E-state index is 12.8. The zero-order valence-corrected chi connectivity index (χ0v) is 17.5. The first-order chi connectivity index (χ1) is 14.5. The van der Waals surface area contributed by atoms with Crippen molar-refractivity contribution in [2.45, 2.75) is 39.5 Å². The molecule has 0 saturated carbocycles. The Hall–Kier alpha value is -3.42. The summed E-state index contributed by atoms with van der Waals surface area (Å²) in [5.41, 5.74) is 3.26. The minimum atomic E-state index is 0.00226. The third-order valence-electron chi connectivity index (χ3n) is 5.08. The van der Waals surface area contributed by atoms with Crippen molar-refractivity contribution in [3.63, 3.8) is 0 Å².